The maximum absolute atomic E-state index is 12.4. The maximum Gasteiger partial charge on any atom is 0.387 e. The first-order valence-electron chi connectivity index (χ1n) is 7.99. The van der Waals surface area contributed by atoms with E-state index in [0.717, 1.165) is 18.5 Å². The highest BCUT2D eigenvalue weighted by Gasteiger charge is 2.24. The third-order valence-electron chi connectivity index (χ3n) is 4.18. The number of hydrogen-bond donors (Lipinski definition) is 1. The molecular formula is C17H25F2NO. The highest BCUT2D eigenvalue weighted by atomic mass is 19.3. The third-order valence-corrected chi connectivity index (χ3v) is 4.18. The first-order chi connectivity index (χ1) is 10.2. The predicted molar refractivity (Wildman–Crippen MR) is 80.7 cm³/mol. The summed E-state index contributed by atoms with van der Waals surface area (Å²) in [5.74, 6) is 0.841. The maximum atomic E-state index is 12.4. The van der Waals surface area contributed by atoms with Crippen LogP contribution in [-0.2, 0) is 0 Å². The van der Waals surface area contributed by atoms with Crippen LogP contribution in [0.1, 0.15) is 57.1 Å². The van der Waals surface area contributed by atoms with Gasteiger partial charge in [-0.1, -0.05) is 38.3 Å². The van der Waals surface area contributed by atoms with Crippen molar-refractivity contribution in [1.82, 2.24) is 5.32 Å². The van der Waals surface area contributed by atoms with Crippen LogP contribution in [0.5, 0.6) is 5.75 Å². The Morgan fingerprint density at radius 2 is 2.00 bits per heavy atom. The van der Waals surface area contributed by atoms with E-state index in [4.69, 9.17) is 0 Å². The summed E-state index contributed by atoms with van der Waals surface area (Å²) >= 11 is 0. The lowest BCUT2D eigenvalue weighted by Crippen LogP contribution is -2.30. The lowest BCUT2D eigenvalue weighted by molar-refractivity contribution is -0.0499. The van der Waals surface area contributed by atoms with Gasteiger partial charge in [0.15, 0.2) is 0 Å². The fraction of sp³-hybridized carbons (Fsp3) is 0.647. The van der Waals surface area contributed by atoms with Crippen LogP contribution in [0, 0.1) is 5.92 Å². The molecule has 0 heterocycles. The van der Waals surface area contributed by atoms with Crippen LogP contribution in [0.3, 0.4) is 0 Å². The van der Waals surface area contributed by atoms with Gasteiger partial charge in [0.05, 0.1) is 0 Å². The summed E-state index contributed by atoms with van der Waals surface area (Å²) < 4.78 is 29.3. The van der Waals surface area contributed by atoms with E-state index in [2.05, 4.69) is 17.0 Å². The minimum Gasteiger partial charge on any atom is -0.435 e. The van der Waals surface area contributed by atoms with Crippen LogP contribution in [0.2, 0.25) is 0 Å². The zero-order valence-corrected chi connectivity index (χ0v) is 12.7. The summed E-state index contributed by atoms with van der Waals surface area (Å²) in [4.78, 5) is 0. The van der Waals surface area contributed by atoms with E-state index in [-0.39, 0.29) is 11.8 Å². The molecule has 1 unspecified atom stereocenters. The summed E-state index contributed by atoms with van der Waals surface area (Å²) in [6.45, 7) is 0.319. The van der Waals surface area contributed by atoms with E-state index in [0.29, 0.717) is 5.92 Å². The molecule has 2 rings (SSSR count). The van der Waals surface area contributed by atoms with Gasteiger partial charge in [-0.05, 0) is 49.4 Å². The summed E-state index contributed by atoms with van der Waals surface area (Å²) in [7, 11) is 0. The van der Waals surface area contributed by atoms with Gasteiger partial charge in [-0.3, -0.25) is 0 Å². The molecule has 1 aliphatic rings. The van der Waals surface area contributed by atoms with Crippen molar-refractivity contribution in [2.24, 2.45) is 5.92 Å². The van der Waals surface area contributed by atoms with Crippen molar-refractivity contribution >= 4 is 0 Å². The van der Waals surface area contributed by atoms with Gasteiger partial charge in [-0.25, -0.2) is 0 Å². The molecule has 0 saturated heterocycles. The van der Waals surface area contributed by atoms with Gasteiger partial charge in [0.1, 0.15) is 5.75 Å². The predicted octanol–water partition coefficient (Wildman–Crippen LogP) is 4.91. The fourth-order valence-corrected chi connectivity index (χ4v) is 3.21. The second kappa shape index (κ2) is 8.32. The number of nitrogens with one attached hydrogen (secondary N) is 1. The van der Waals surface area contributed by atoms with Gasteiger partial charge >= 0.3 is 6.61 Å². The van der Waals surface area contributed by atoms with Crippen molar-refractivity contribution in [1.29, 1.82) is 0 Å². The molecular weight excluding hydrogens is 272 g/mol. The summed E-state index contributed by atoms with van der Waals surface area (Å²) in [5, 5.41) is 3.59. The number of halogens is 2. The number of ether oxygens (including phenoxy) is 1. The van der Waals surface area contributed by atoms with Crippen molar-refractivity contribution in [3.63, 3.8) is 0 Å². The third kappa shape index (κ3) is 4.95. The van der Waals surface area contributed by atoms with Gasteiger partial charge < -0.3 is 10.1 Å². The first kappa shape index (κ1) is 16.2. The SMILES string of the molecule is CCCNC(c1cccc(OC(F)F)c1)C1CCCCC1. The van der Waals surface area contributed by atoms with Crippen molar-refractivity contribution < 1.29 is 13.5 Å². The van der Waals surface area contributed by atoms with Crippen LogP contribution >= 0.6 is 0 Å². The Morgan fingerprint density at radius 1 is 1.24 bits per heavy atom. The zero-order chi connectivity index (χ0) is 15.1. The molecule has 21 heavy (non-hydrogen) atoms. The fourth-order valence-electron chi connectivity index (χ4n) is 3.21. The molecule has 0 spiro atoms. The molecule has 118 valence electrons. The quantitative estimate of drug-likeness (QED) is 0.772. The number of alkyl halides is 2. The Balaban J connectivity index is 2.14. The molecule has 1 aromatic rings. The van der Waals surface area contributed by atoms with E-state index in [1.54, 1.807) is 18.2 Å². The Bertz CT molecular complexity index is 419. The van der Waals surface area contributed by atoms with E-state index in [1.807, 2.05) is 6.07 Å². The first-order valence-corrected chi connectivity index (χ1v) is 7.99. The van der Waals surface area contributed by atoms with Crippen LogP contribution in [-0.4, -0.2) is 13.2 Å². The van der Waals surface area contributed by atoms with Crippen LogP contribution in [0.25, 0.3) is 0 Å². The van der Waals surface area contributed by atoms with Crippen molar-refractivity contribution in [2.75, 3.05) is 6.54 Å². The monoisotopic (exact) mass is 297 g/mol. The summed E-state index contributed by atoms with van der Waals surface area (Å²) in [6.07, 6.45) is 7.33. The molecule has 2 nitrogen and oxygen atoms in total. The van der Waals surface area contributed by atoms with E-state index >= 15 is 0 Å². The van der Waals surface area contributed by atoms with E-state index in [9.17, 15) is 8.78 Å². The molecule has 1 atom stereocenters. The van der Waals surface area contributed by atoms with Gasteiger partial charge in [-0.15, -0.1) is 0 Å². The normalized spacial score (nSPS) is 17.9. The molecule has 0 aromatic heterocycles. The lowest BCUT2D eigenvalue weighted by atomic mass is 9.81. The highest BCUT2D eigenvalue weighted by Crippen LogP contribution is 2.35. The molecule has 1 saturated carbocycles. The van der Waals surface area contributed by atoms with Gasteiger partial charge in [0.2, 0.25) is 0 Å². The van der Waals surface area contributed by atoms with Crippen molar-refractivity contribution in [2.45, 2.75) is 58.1 Å². The van der Waals surface area contributed by atoms with Crippen LogP contribution < -0.4 is 10.1 Å². The molecule has 1 fully saturated rings. The van der Waals surface area contributed by atoms with Crippen molar-refractivity contribution in [3.05, 3.63) is 29.8 Å². The molecule has 0 aliphatic heterocycles. The molecule has 4 heteroatoms. The second-order valence-corrected chi connectivity index (χ2v) is 5.78. The second-order valence-electron chi connectivity index (χ2n) is 5.78. The van der Waals surface area contributed by atoms with Gasteiger partial charge in [0.25, 0.3) is 0 Å². The lowest BCUT2D eigenvalue weighted by Gasteiger charge is -2.31. The molecule has 1 aliphatic carbocycles. The van der Waals surface area contributed by atoms with Crippen LogP contribution in [0.15, 0.2) is 24.3 Å². The standard InChI is InChI=1S/C17H25F2NO/c1-2-11-20-16(13-7-4-3-5-8-13)14-9-6-10-15(12-14)21-17(18)19/h6,9-10,12-13,16-17,20H,2-5,7-8,11H2,1H3. The molecule has 0 amide bonds. The zero-order valence-electron chi connectivity index (χ0n) is 12.7. The largest absolute Gasteiger partial charge is 0.435 e. The average molecular weight is 297 g/mol. The van der Waals surface area contributed by atoms with Crippen molar-refractivity contribution in [3.8, 4) is 5.75 Å². The minimum absolute atomic E-state index is 0.242. The number of benzene rings is 1. The summed E-state index contributed by atoms with van der Waals surface area (Å²) in [6, 6.07) is 7.41. The smallest absolute Gasteiger partial charge is 0.387 e. The van der Waals surface area contributed by atoms with Gasteiger partial charge in [-0.2, -0.15) is 8.78 Å². The number of rotatable bonds is 7. The van der Waals surface area contributed by atoms with Crippen LogP contribution in [0.4, 0.5) is 8.78 Å². The Kier molecular flexibility index (Phi) is 6.43. The summed E-state index contributed by atoms with van der Waals surface area (Å²) in [5.41, 5.74) is 1.06. The van der Waals surface area contributed by atoms with E-state index in [1.165, 1.54) is 32.1 Å². The van der Waals surface area contributed by atoms with E-state index < -0.39 is 6.61 Å². The average Bonchev–Trinajstić information content (AvgIpc) is 2.48. The van der Waals surface area contributed by atoms with Gasteiger partial charge in [0, 0.05) is 6.04 Å². The molecule has 0 radical (unpaired) electrons. The topological polar surface area (TPSA) is 21.3 Å². The molecule has 0 bridgehead atoms. The minimum atomic E-state index is -2.77. The molecule has 1 aromatic carbocycles. The Labute approximate surface area is 125 Å². The molecule has 1 N–H and O–H groups in total. The number of hydrogen-bond acceptors (Lipinski definition) is 2. The highest BCUT2D eigenvalue weighted by molar-refractivity contribution is 5.31. The Morgan fingerprint density at radius 3 is 2.67 bits per heavy atom. The Hall–Kier alpha value is -1.16.